The Bertz CT molecular complexity index is 628. The summed E-state index contributed by atoms with van der Waals surface area (Å²) in [5, 5.41) is -0.131. The van der Waals surface area contributed by atoms with Crippen LogP contribution in [0, 0.1) is 0 Å². The minimum atomic E-state index is -0.131. The van der Waals surface area contributed by atoms with Gasteiger partial charge in [0.1, 0.15) is 17.6 Å². The van der Waals surface area contributed by atoms with E-state index in [2.05, 4.69) is 12.1 Å². The van der Waals surface area contributed by atoms with E-state index in [0.717, 1.165) is 36.5 Å². The molecule has 0 radical (unpaired) electrons. The largest absolute Gasteiger partial charge is 0.493 e. The molecule has 2 aromatic rings. The molecule has 0 amide bonds. The van der Waals surface area contributed by atoms with Crippen molar-refractivity contribution in [2.75, 3.05) is 6.61 Å². The molecule has 3 heteroatoms. The molecule has 2 heterocycles. The van der Waals surface area contributed by atoms with Gasteiger partial charge >= 0.3 is 0 Å². The van der Waals surface area contributed by atoms with Crippen LogP contribution in [0.4, 0.5) is 0 Å². The maximum Gasteiger partial charge on any atom is 0.123 e. The van der Waals surface area contributed by atoms with Crippen LogP contribution in [0.3, 0.4) is 0 Å². The summed E-state index contributed by atoms with van der Waals surface area (Å²) in [4.78, 5) is 0. The van der Waals surface area contributed by atoms with Crippen LogP contribution >= 0.6 is 11.6 Å². The van der Waals surface area contributed by atoms with E-state index in [-0.39, 0.29) is 11.5 Å². The van der Waals surface area contributed by atoms with Gasteiger partial charge in [-0.1, -0.05) is 30.3 Å². The third-order valence-corrected chi connectivity index (χ3v) is 4.56. The minimum Gasteiger partial charge on any atom is -0.493 e. The molecule has 2 aliphatic rings. The van der Waals surface area contributed by atoms with Gasteiger partial charge in [0.2, 0.25) is 0 Å². The Morgan fingerprint density at radius 2 is 1.95 bits per heavy atom. The molecule has 102 valence electrons. The third kappa shape index (κ3) is 1.95. The van der Waals surface area contributed by atoms with Gasteiger partial charge in [-0.2, -0.15) is 0 Å². The van der Waals surface area contributed by atoms with E-state index in [1.165, 1.54) is 11.1 Å². The highest BCUT2D eigenvalue weighted by atomic mass is 35.5. The molecule has 4 rings (SSSR count). The van der Waals surface area contributed by atoms with E-state index < -0.39 is 0 Å². The van der Waals surface area contributed by atoms with Crippen LogP contribution < -0.4 is 9.47 Å². The first-order valence-electron chi connectivity index (χ1n) is 6.95. The van der Waals surface area contributed by atoms with Crippen molar-refractivity contribution in [3.8, 4) is 11.5 Å². The second kappa shape index (κ2) is 4.71. The van der Waals surface area contributed by atoms with E-state index in [1.54, 1.807) is 0 Å². The molecule has 2 nitrogen and oxygen atoms in total. The second-order valence-corrected chi connectivity index (χ2v) is 5.81. The smallest absolute Gasteiger partial charge is 0.123 e. The Balaban J connectivity index is 1.58. The molecule has 2 aromatic carbocycles. The highest BCUT2D eigenvalue weighted by Gasteiger charge is 2.30. The van der Waals surface area contributed by atoms with Crippen LogP contribution in [-0.2, 0) is 12.8 Å². The highest BCUT2D eigenvalue weighted by Crippen LogP contribution is 2.38. The number of fused-ring (bicyclic) bond motifs is 2. The summed E-state index contributed by atoms with van der Waals surface area (Å²) < 4.78 is 11.5. The molecule has 20 heavy (non-hydrogen) atoms. The Morgan fingerprint density at radius 3 is 2.85 bits per heavy atom. The topological polar surface area (TPSA) is 18.5 Å². The fourth-order valence-electron chi connectivity index (χ4n) is 2.96. The lowest BCUT2D eigenvalue weighted by molar-refractivity contribution is 0.227. The predicted molar refractivity (Wildman–Crippen MR) is 78.8 cm³/mol. The SMILES string of the molecule is ClC(c1ccc2c(c1)CCO2)C1Cc2ccccc2O1. The van der Waals surface area contributed by atoms with E-state index in [4.69, 9.17) is 21.1 Å². The Kier molecular flexibility index (Phi) is 2.85. The van der Waals surface area contributed by atoms with Crippen molar-refractivity contribution in [3.63, 3.8) is 0 Å². The van der Waals surface area contributed by atoms with Gasteiger partial charge in [-0.05, 0) is 28.8 Å². The van der Waals surface area contributed by atoms with Gasteiger partial charge in [0.15, 0.2) is 0 Å². The van der Waals surface area contributed by atoms with Crippen molar-refractivity contribution < 1.29 is 9.47 Å². The van der Waals surface area contributed by atoms with Crippen LogP contribution in [0.2, 0.25) is 0 Å². The number of benzene rings is 2. The van der Waals surface area contributed by atoms with Crippen molar-refractivity contribution in [3.05, 3.63) is 59.2 Å². The molecule has 0 fully saturated rings. The van der Waals surface area contributed by atoms with Gasteiger partial charge < -0.3 is 9.47 Å². The van der Waals surface area contributed by atoms with Crippen LogP contribution in [0.5, 0.6) is 11.5 Å². The lowest BCUT2D eigenvalue weighted by Crippen LogP contribution is -2.19. The van der Waals surface area contributed by atoms with Crippen LogP contribution in [-0.4, -0.2) is 12.7 Å². The van der Waals surface area contributed by atoms with E-state index in [1.807, 2.05) is 30.3 Å². The number of halogens is 1. The zero-order chi connectivity index (χ0) is 13.5. The van der Waals surface area contributed by atoms with E-state index in [9.17, 15) is 0 Å². The summed E-state index contributed by atoms with van der Waals surface area (Å²) in [6.07, 6.45) is 1.85. The summed E-state index contributed by atoms with van der Waals surface area (Å²) in [5.74, 6) is 1.96. The van der Waals surface area contributed by atoms with Gasteiger partial charge in [0, 0.05) is 12.8 Å². The van der Waals surface area contributed by atoms with Gasteiger partial charge in [0.05, 0.1) is 12.0 Å². The molecule has 0 bridgehead atoms. The third-order valence-electron chi connectivity index (χ3n) is 4.03. The number of alkyl halides is 1. The summed E-state index contributed by atoms with van der Waals surface area (Å²) in [6.45, 7) is 0.775. The van der Waals surface area contributed by atoms with Crippen molar-refractivity contribution in [2.24, 2.45) is 0 Å². The molecule has 0 aromatic heterocycles. The lowest BCUT2D eigenvalue weighted by Gasteiger charge is -2.18. The normalized spacial score (nSPS) is 20.8. The zero-order valence-corrected chi connectivity index (χ0v) is 11.8. The molecule has 0 N–H and O–H groups in total. The van der Waals surface area contributed by atoms with Crippen LogP contribution in [0.15, 0.2) is 42.5 Å². The molecule has 0 spiro atoms. The first kappa shape index (κ1) is 12.1. The molecule has 2 unspecified atom stereocenters. The number of rotatable bonds is 2. The summed E-state index contributed by atoms with van der Waals surface area (Å²) in [7, 11) is 0. The van der Waals surface area contributed by atoms with Gasteiger partial charge in [-0.15, -0.1) is 11.6 Å². The monoisotopic (exact) mass is 286 g/mol. The zero-order valence-electron chi connectivity index (χ0n) is 11.0. The number of para-hydroxylation sites is 1. The Morgan fingerprint density at radius 1 is 1.05 bits per heavy atom. The molecular weight excluding hydrogens is 272 g/mol. The van der Waals surface area contributed by atoms with Crippen LogP contribution in [0.25, 0.3) is 0 Å². The average molecular weight is 287 g/mol. The standard InChI is InChI=1S/C17H15ClO2/c18-17(13-5-6-14-12(9-13)7-8-19-14)16-10-11-3-1-2-4-15(11)20-16/h1-6,9,16-17H,7-8,10H2. The van der Waals surface area contributed by atoms with Crippen LogP contribution in [0.1, 0.15) is 22.1 Å². The molecule has 2 atom stereocenters. The van der Waals surface area contributed by atoms with Crippen molar-refractivity contribution in [1.29, 1.82) is 0 Å². The molecule has 0 saturated carbocycles. The first-order chi connectivity index (χ1) is 9.81. The predicted octanol–water partition coefficient (Wildman–Crippen LogP) is 3.91. The van der Waals surface area contributed by atoms with E-state index >= 15 is 0 Å². The number of ether oxygens (including phenoxy) is 2. The molecular formula is C17H15ClO2. The number of hydrogen-bond acceptors (Lipinski definition) is 2. The highest BCUT2D eigenvalue weighted by molar-refractivity contribution is 6.21. The first-order valence-corrected chi connectivity index (χ1v) is 7.39. The molecule has 2 aliphatic heterocycles. The molecule has 0 saturated heterocycles. The lowest BCUT2D eigenvalue weighted by atomic mass is 10.0. The van der Waals surface area contributed by atoms with Crippen molar-refractivity contribution in [1.82, 2.24) is 0 Å². The summed E-state index contributed by atoms with van der Waals surface area (Å²) in [6, 6.07) is 14.4. The van der Waals surface area contributed by atoms with Gasteiger partial charge in [0.25, 0.3) is 0 Å². The van der Waals surface area contributed by atoms with E-state index in [0.29, 0.717) is 0 Å². The Hall–Kier alpha value is -1.67. The van der Waals surface area contributed by atoms with Crippen molar-refractivity contribution in [2.45, 2.75) is 24.3 Å². The van der Waals surface area contributed by atoms with Crippen molar-refractivity contribution >= 4 is 11.6 Å². The number of hydrogen-bond donors (Lipinski definition) is 0. The summed E-state index contributed by atoms with van der Waals surface area (Å²) in [5.41, 5.74) is 3.62. The molecule has 0 aliphatic carbocycles. The maximum absolute atomic E-state index is 6.64. The fourth-order valence-corrected chi connectivity index (χ4v) is 3.24. The Labute approximate surface area is 123 Å². The maximum atomic E-state index is 6.64. The minimum absolute atomic E-state index is 0.00874. The average Bonchev–Trinajstić information content (AvgIpc) is 3.11. The second-order valence-electron chi connectivity index (χ2n) is 5.34. The fraction of sp³-hybridized carbons (Fsp3) is 0.294. The van der Waals surface area contributed by atoms with Gasteiger partial charge in [-0.3, -0.25) is 0 Å². The summed E-state index contributed by atoms with van der Waals surface area (Å²) >= 11 is 6.64. The quantitative estimate of drug-likeness (QED) is 0.780. The van der Waals surface area contributed by atoms with Gasteiger partial charge in [-0.25, -0.2) is 0 Å².